The van der Waals surface area contributed by atoms with Crippen LogP contribution in [-0.4, -0.2) is 81.0 Å². The Bertz CT molecular complexity index is 1030. The summed E-state index contributed by atoms with van der Waals surface area (Å²) in [7, 11) is 1.78. The van der Waals surface area contributed by atoms with Crippen molar-refractivity contribution < 1.29 is 19.1 Å². The molecule has 0 radical (unpaired) electrons. The largest absolute Gasteiger partial charge is 0.465 e. The van der Waals surface area contributed by atoms with Crippen molar-refractivity contribution in [2.24, 2.45) is 5.10 Å². The molecule has 34 heavy (non-hydrogen) atoms. The smallest absolute Gasteiger partial charge is 0.320 e. The minimum Gasteiger partial charge on any atom is -0.465 e. The molecule has 0 bridgehead atoms. The number of morpholine rings is 1. The van der Waals surface area contributed by atoms with Crippen LogP contribution in [0.2, 0.25) is 0 Å². The molecule has 0 saturated carbocycles. The van der Waals surface area contributed by atoms with Crippen molar-refractivity contribution in [2.45, 2.75) is 19.9 Å². The fourth-order valence-corrected chi connectivity index (χ4v) is 4.19. The van der Waals surface area contributed by atoms with Gasteiger partial charge in [-0.3, -0.25) is 19.5 Å². The van der Waals surface area contributed by atoms with E-state index in [2.05, 4.69) is 10.0 Å². The maximum absolute atomic E-state index is 13.2. The normalized spacial score (nSPS) is 16.4. The van der Waals surface area contributed by atoms with Gasteiger partial charge in [0.1, 0.15) is 0 Å². The highest BCUT2D eigenvalue weighted by Gasteiger charge is 2.21. The third-order valence-electron chi connectivity index (χ3n) is 6.15. The van der Waals surface area contributed by atoms with Gasteiger partial charge in [-0.25, -0.2) is 0 Å². The van der Waals surface area contributed by atoms with Crippen LogP contribution >= 0.6 is 0 Å². The minimum absolute atomic E-state index is 0.0694. The van der Waals surface area contributed by atoms with Crippen molar-refractivity contribution in [1.29, 1.82) is 0 Å². The number of rotatable bonds is 7. The Kier molecular flexibility index (Phi) is 7.92. The molecule has 2 aliphatic heterocycles. The summed E-state index contributed by atoms with van der Waals surface area (Å²) in [6, 6.07) is 13.7. The lowest BCUT2D eigenvalue weighted by Crippen LogP contribution is -2.36. The fraction of sp³-hybridized carbons (Fsp3) is 0.423. The predicted octanol–water partition coefficient (Wildman–Crippen LogP) is 2.55. The molecular formula is C26H32N4O4. The molecule has 0 spiro atoms. The molecule has 2 aliphatic rings. The maximum Gasteiger partial charge on any atom is 0.320 e. The first-order valence-corrected chi connectivity index (χ1v) is 11.8. The number of carbonyl (C=O) groups is 2. The lowest BCUT2D eigenvalue weighted by molar-refractivity contribution is -0.144. The lowest BCUT2D eigenvalue weighted by atomic mass is 9.97. The maximum atomic E-state index is 13.2. The van der Waals surface area contributed by atoms with Crippen LogP contribution < -0.4 is 4.90 Å². The second-order valence-corrected chi connectivity index (χ2v) is 8.52. The first-order valence-electron chi connectivity index (χ1n) is 11.8. The van der Waals surface area contributed by atoms with E-state index in [1.165, 1.54) is 5.56 Å². The number of hydrogen-bond acceptors (Lipinski definition) is 7. The Hall–Kier alpha value is -3.23. The fourth-order valence-electron chi connectivity index (χ4n) is 4.19. The highest BCUT2D eigenvalue weighted by Crippen LogP contribution is 2.23. The van der Waals surface area contributed by atoms with Crippen molar-refractivity contribution >= 4 is 23.8 Å². The number of ether oxygens (including phenoxy) is 2. The van der Waals surface area contributed by atoms with E-state index < -0.39 is 0 Å². The SMILES string of the molecule is CCOC(=O)CN1CCc2ccc(C(=O)N(C)c3ccc(C=NN4CCOCC4)cc3)cc2C1. The predicted molar refractivity (Wildman–Crippen MR) is 131 cm³/mol. The number of hydrogen-bond donors (Lipinski definition) is 0. The van der Waals surface area contributed by atoms with Crippen LogP contribution in [0.3, 0.4) is 0 Å². The summed E-state index contributed by atoms with van der Waals surface area (Å²) >= 11 is 0. The van der Waals surface area contributed by atoms with E-state index in [4.69, 9.17) is 9.47 Å². The van der Waals surface area contributed by atoms with E-state index in [0.29, 0.717) is 31.9 Å². The molecule has 0 unspecified atom stereocenters. The molecule has 0 aromatic heterocycles. The molecule has 1 saturated heterocycles. The van der Waals surface area contributed by atoms with E-state index in [-0.39, 0.29) is 18.4 Å². The van der Waals surface area contributed by atoms with Gasteiger partial charge < -0.3 is 14.4 Å². The first kappa shape index (κ1) is 23.9. The van der Waals surface area contributed by atoms with Crippen LogP contribution in [0.5, 0.6) is 0 Å². The van der Waals surface area contributed by atoms with Crippen LogP contribution in [0.25, 0.3) is 0 Å². The summed E-state index contributed by atoms with van der Waals surface area (Å²) in [6.45, 7) is 6.91. The Morgan fingerprint density at radius 1 is 1.09 bits per heavy atom. The van der Waals surface area contributed by atoms with Gasteiger partial charge in [-0.1, -0.05) is 18.2 Å². The Balaban J connectivity index is 1.39. The molecule has 0 N–H and O–H groups in total. The molecule has 0 aliphatic carbocycles. The summed E-state index contributed by atoms with van der Waals surface area (Å²) in [5.41, 5.74) is 4.74. The zero-order valence-corrected chi connectivity index (χ0v) is 19.9. The molecule has 1 amide bonds. The lowest BCUT2D eigenvalue weighted by Gasteiger charge is -2.28. The Morgan fingerprint density at radius 3 is 2.59 bits per heavy atom. The molecule has 4 rings (SSSR count). The van der Waals surface area contributed by atoms with Crippen LogP contribution in [-0.2, 0) is 27.2 Å². The number of nitrogens with zero attached hydrogens (tertiary/aromatic N) is 4. The van der Waals surface area contributed by atoms with E-state index in [9.17, 15) is 9.59 Å². The third-order valence-corrected chi connectivity index (χ3v) is 6.15. The number of fused-ring (bicyclic) bond motifs is 1. The summed E-state index contributed by atoms with van der Waals surface area (Å²) in [6.07, 6.45) is 2.69. The number of carbonyl (C=O) groups excluding carboxylic acids is 2. The van der Waals surface area contributed by atoms with Gasteiger partial charge in [0, 0.05) is 31.4 Å². The van der Waals surface area contributed by atoms with Crippen molar-refractivity contribution in [3.05, 3.63) is 64.7 Å². The molecule has 2 heterocycles. The summed E-state index contributed by atoms with van der Waals surface area (Å²) in [5, 5.41) is 6.50. The standard InChI is InChI=1S/C26H32N4O4/c1-3-34-25(31)19-29-11-10-21-6-7-22(16-23(21)18-29)26(32)28(2)24-8-4-20(5-9-24)17-27-30-12-14-33-15-13-30/h4-9,16-17H,3,10-15,18-19H2,1-2H3. The van der Waals surface area contributed by atoms with E-state index in [1.54, 1.807) is 11.9 Å². The Labute approximate surface area is 200 Å². The molecule has 8 heteroatoms. The number of hydrazone groups is 1. The highest BCUT2D eigenvalue weighted by atomic mass is 16.5. The van der Waals surface area contributed by atoms with Crippen molar-refractivity contribution in [3.63, 3.8) is 0 Å². The van der Waals surface area contributed by atoms with Gasteiger partial charge in [0.25, 0.3) is 5.91 Å². The van der Waals surface area contributed by atoms with Crippen LogP contribution in [0.15, 0.2) is 47.6 Å². The minimum atomic E-state index is -0.212. The van der Waals surface area contributed by atoms with Gasteiger partial charge in [-0.15, -0.1) is 0 Å². The number of amides is 1. The van der Waals surface area contributed by atoms with Gasteiger partial charge in [0.15, 0.2) is 0 Å². The molecule has 180 valence electrons. The average Bonchev–Trinajstić information content (AvgIpc) is 2.87. The van der Waals surface area contributed by atoms with Crippen molar-refractivity contribution in [2.75, 3.05) is 57.9 Å². The number of anilines is 1. The molecule has 0 atom stereocenters. The average molecular weight is 465 g/mol. The van der Waals surface area contributed by atoms with Crippen molar-refractivity contribution in [3.8, 4) is 0 Å². The van der Waals surface area contributed by atoms with Gasteiger partial charge in [0.2, 0.25) is 0 Å². The van der Waals surface area contributed by atoms with Crippen LogP contribution in [0.1, 0.15) is 34.0 Å². The summed E-state index contributed by atoms with van der Waals surface area (Å²) in [4.78, 5) is 28.8. The zero-order valence-electron chi connectivity index (χ0n) is 19.9. The quantitative estimate of drug-likeness (QED) is 0.463. The monoisotopic (exact) mass is 464 g/mol. The second kappa shape index (κ2) is 11.3. The first-order chi connectivity index (χ1) is 16.5. The molecule has 1 fully saturated rings. The highest BCUT2D eigenvalue weighted by molar-refractivity contribution is 6.06. The zero-order chi connectivity index (χ0) is 23.9. The van der Waals surface area contributed by atoms with E-state index >= 15 is 0 Å². The third kappa shape index (κ3) is 6.01. The van der Waals surface area contributed by atoms with Gasteiger partial charge >= 0.3 is 5.97 Å². The second-order valence-electron chi connectivity index (χ2n) is 8.52. The summed E-state index contributed by atoms with van der Waals surface area (Å²) in [5.74, 6) is -0.281. The molecular weight excluding hydrogens is 432 g/mol. The van der Waals surface area contributed by atoms with Crippen LogP contribution in [0.4, 0.5) is 5.69 Å². The number of benzene rings is 2. The van der Waals surface area contributed by atoms with Gasteiger partial charge in [-0.05, 0) is 54.3 Å². The molecule has 8 nitrogen and oxygen atoms in total. The van der Waals surface area contributed by atoms with E-state index in [0.717, 1.165) is 42.9 Å². The number of esters is 1. The van der Waals surface area contributed by atoms with Gasteiger partial charge in [-0.2, -0.15) is 5.10 Å². The molecule has 2 aromatic carbocycles. The topological polar surface area (TPSA) is 74.7 Å². The molecule has 2 aromatic rings. The Morgan fingerprint density at radius 2 is 1.85 bits per heavy atom. The van der Waals surface area contributed by atoms with E-state index in [1.807, 2.05) is 60.6 Å². The van der Waals surface area contributed by atoms with Crippen LogP contribution in [0, 0.1) is 0 Å². The van der Waals surface area contributed by atoms with Crippen molar-refractivity contribution in [1.82, 2.24) is 9.91 Å². The summed E-state index contributed by atoms with van der Waals surface area (Å²) < 4.78 is 10.4. The van der Waals surface area contributed by atoms with Gasteiger partial charge in [0.05, 0.1) is 45.7 Å².